The third-order valence-corrected chi connectivity index (χ3v) is 2.79. The Bertz CT molecular complexity index is 309. The van der Waals surface area contributed by atoms with Crippen LogP contribution in [-0.2, 0) is 0 Å². The lowest BCUT2D eigenvalue weighted by Crippen LogP contribution is -2.31. The molecule has 0 saturated carbocycles. The molecule has 1 aromatic carbocycles. The van der Waals surface area contributed by atoms with Crippen LogP contribution in [0.5, 0.6) is 5.75 Å². The molecule has 0 aliphatic carbocycles. The summed E-state index contributed by atoms with van der Waals surface area (Å²) in [5.74, 6) is 0.982. The van der Waals surface area contributed by atoms with Crippen LogP contribution in [0.4, 0.5) is 0 Å². The van der Waals surface area contributed by atoms with Gasteiger partial charge in [-0.1, -0.05) is 25.1 Å². The number of aliphatic hydroxyl groups is 1. The monoisotopic (exact) mass is 178 g/mol. The van der Waals surface area contributed by atoms with E-state index in [0.717, 1.165) is 11.3 Å². The summed E-state index contributed by atoms with van der Waals surface area (Å²) in [4.78, 5) is 0. The fourth-order valence-corrected chi connectivity index (χ4v) is 1.68. The molecule has 0 saturated heterocycles. The first-order valence-electron chi connectivity index (χ1n) is 4.64. The molecule has 3 atom stereocenters. The zero-order valence-electron chi connectivity index (χ0n) is 7.90. The second-order valence-corrected chi connectivity index (χ2v) is 3.66. The molecule has 1 N–H and O–H groups in total. The van der Waals surface area contributed by atoms with E-state index in [4.69, 9.17) is 4.74 Å². The Balaban J connectivity index is 2.43. The molecule has 13 heavy (non-hydrogen) atoms. The number of aliphatic hydroxyl groups excluding tert-OH is 1. The van der Waals surface area contributed by atoms with Crippen LogP contribution in [-0.4, -0.2) is 11.2 Å². The molecule has 0 aromatic heterocycles. The molecule has 1 aliphatic heterocycles. The lowest BCUT2D eigenvalue weighted by molar-refractivity contribution is 0.0175. The Labute approximate surface area is 78.2 Å². The minimum absolute atomic E-state index is 0.0879. The van der Waals surface area contributed by atoms with Gasteiger partial charge in [-0.3, -0.25) is 0 Å². The van der Waals surface area contributed by atoms with Crippen molar-refractivity contribution in [1.82, 2.24) is 0 Å². The van der Waals surface area contributed by atoms with E-state index in [0.29, 0.717) is 0 Å². The van der Waals surface area contributed by atoms with Crippen LogP contribution in [0.1, 0.15) is 25.5 Å². The lowest BCUT2D eigenvalue weighted by Gasteiger charge is -2.33. The highest BCUT2D eigenvalue weighted by Gasteiger charge is 2.30. The molecule has 0 radical (unpaired) electrons. The second kappa shape index (κ2) is 3.04. The van der Waals surface area contributed by atoms with Gasteiger partial charge in [0, 0.05) is 11.5 Å². The molecule has 1 aliphatic rings. The summed E-state index contributed by atoms with van der Waals surface area (Å²) in [5.41, 5.74) is 0.910. The van der Waals surface area contributed by atoms with Gasteiger partial charge < -0.3 is 9.84 Å². The fourth-order valence-electron chi connectivity index (χ4n) is 1.68. The summed E-state index contributed by atoms with van der Waals surface area (Å²) in [6.07, 6.45) is -0.301. The molecule has 0 fully saturated rings. The molecule has 2 nitrogen and oxygen atoms in total. The summed E-state index contributed by atoms with van der Waals surface area (Å²) in [6, 6.07) is 7.67. The van der Waals surface area contributed by atoms with Gasteiger partial charge in [-0.2, -0.15) is 0 Å². The fraction of sp³-hybridized carbons (Fsp3) is 0.455. The van der Waals surface area contributed by atoms with E-state index in [2.05, 4.69) is 0 Å². The van der Waals surface area contributed by atoms with Crippen molar-refractivity contribution in [2.45, 2.75) is 26.1 Å². The number of hydrogen-bond donors (Lipinski definition) is 1. The van der Waals surface area contributed by atoms with Crippen molar-refractivity contribution in [3.8, 4) is 5.75 Å². The highest BCUT2D eigenvalue weighted by atomic mass is 16.5. The molecule has 2 rings (SSSR count). The summed E-state index contributed by atoms with van der Waals surface area (Å²) in [6.45, 7) is 4.00. The molecular formula is C11H14O2. The standard InChI is InChI=1S/C11H14O2/c1-7-8(2)13-10-6-4-3-5-9(10)11(7)12/h3-8,11-12H,1-2H3/t7-,8-,11?/m0/s1. The third kappa shape index (κ3) is 1.31. The molecule has 1 aromatic rings. The molecule has 1 heterocycles. The summed E-state index contributed by atoms with van der Waals surface area (Å²) < 4.78 is 5.65. The summed E-state index contributed by atoms with van der Waals surface area (Å²) in [7, 11) is 0. The van der Waals surface area contributed by atoms with Crippen LogP contribution in [0.3, 0.4) is 0 Å². The number of ether oxygens (including phenoxy) is 1. The maximum absolute atomic E-state index is 9.92. The van der Waals surface area contributed by atoms with Gasteiger partial charge in [-0.05, 0) is 13.0 Å². The van der Waals surface area contributed by atoms with Gasteiger partial charge >= 0.3 is 0 Å². The van der Waals surface area contributed by atoms with E-state index < -0.39 is 0 Å². The van der Waals surface area contributed by atoms with E-state index in [1.54, 1.807) is 0 Å². The van der Waals surface area contributed by atoms with Gasteiger partial charge in [-0.15, -0.1) is 0 Å². The molecule has 2 heteroatoms. The van der Waals surface area contributed by atoms with Gasteiger partial charge in [0.05, 0.1) is 6.10 Å². The molecule has 70 valence electrons. The van der Waals surface area contributed by atoms with E-state index in [9.17, 15) is 5.11 Å². The number of rotatable bonds is 0. The van der Waals surface area contributed by atoms with Crippen molar-refractivity contribution in [3.05, 3.63) is 29.8 Å². The van der Waals surface area contributed by atoms with Crippen LogP contribution in [0.25, 0.3) is 0 Å². The van der Waals surface area contributed by atoms with Crippen molar-refractivity contribution in [2.75, 3.05) is 0 Å². The van der Waals surface area contributed by atoms with Gasteiger partial charge in [0.15, 0.2) is 0 Å². The SMILES string of the molecule is C[C@@H]1Oc2ccccc2C(O)[C@H]1C. The lowest BCUT2D eigenvalue weighted by atomic mass is 9.90. The smallest absolute Gasteiger partial charge is 0.125 e. The highest BCUT2D eigenvalue weighted by molar-refractivity contribution is 5.37. The van der Waals surface area contributed by atoms with Crippen LogP contribution in [0, 0.1) is 5.92 Å². The van der Waals surface area contributed by atoms with Crippen molar-refractivity contribution >= 4 is 0 Å². The van der Waals surface area contributed by atoms with Gasteiger partial charge in [0.1, 0.15) is 11.9 Å². The number of fused-ring (bicyclic) bond motifs is 1. The average Bonchev–Trinajstić information content (AvgIpc) is 2.15. The Morgan fingerprint density at radius 2 is 1.92 bits per heavy atom. The highest BCUT2D eigenvalue weighted by Crippen LogP contribution is 2.37. The molecular weight excluding hydrogens is 164 g/mol. The van der Waals surface area contributed by atoms with Crippen LogP contribution in [0.2, 0.25) is 0 Å². The van der Waals surface area contributed by atoms with Crippen LogP contribution in [0.15, 0.2) is 24.3 Å². The Morgan fingerprint density at radius 1 is 1.23 bits per heavy atom. The van der Waals surface area contributed by atoms with E-state index in [1.165, 1.54) is 0 Å². The topological polar surface area (TPSA) is 29.5 Å². The first-order valence-corrected chi connectivity index (χ1v) is 4.64. The quantitative estimate of drug-likeness (QED) is 0.659. The van der Waals surface area contributed by atoms with Gasteiger partial charge in [-0.25, -0.2) is 0 Å². The predicted octanol–water partition coefficient (Wildman–Crippen LogP) is 2.14. The Kier molecular flexibility index (Phi) is 2.00. The second-order valence-electron chi connectivity index (χ2n) is 3.66. The normalized spacial score (nSPS) is 32.1. The van der Waals surface area contributed by atoms with E-state index in [1.807, 2.05) is 38.1 Å². The van der Waals surface area contributed by atoms with E-state index in [-0.39, 0.29) is 18.1 Å². The zero-order chi connectivity index (χ0) is 9.42. The average molecular weight is 178 g/mol. The van der Waals surface area contributed by atoms with Crippen LogP contribution < -0.4 is 4.74 Å². The molecule has 0 amide bonds. The molecule has 1 unspecified atom stereocenters. The Morgan fingerprint density at radius 3 is 2.69 bits per heavy atom. The Hall–Kier alpha value is -1.02. The molecule has 0 bridgehead atoms. The van der Waals surface area contributed by atoms with E-state index >= 15 is 0 Å². The van der Waals surface area contributed by atoms with Crippen molar-refractivity contribution < 1.29 is 9.84 Å². The molecule has 0 spiro atoms. The maximum Gasteiger partial charge on any atom is 0.125 e. The maximum atomic E-state index is 9.92. The first-order chi connectivity index (χ1) is 6.20. The number of benzene rings is 1. The third-order valence-electron chi connectivity index (χ3n) is 2.79. The van der Waals surface area contributed by atoms with Crippen molar-refractivity contribution in [2.24, 2.45) is 5.92 Å². The number of hydrogen-bond acceptors (Lipinski definition) is 2. The minimum Gasteiger partial charge on any atom is -0.490 e. The zero-order valence-corrected chi connectivity index (χ0v) is 7.90. The summed E-state index contributed by atoms with van der Waals surface area (Å²) in [5, 5.41) is 9.92. The van der Waals surface area contributed by atoms with Crippen molar-refractivity contribution in [3.63, 3.8) is 0 Å². The predicted molar refractivity (Wildman–Crippen MR) is 50.7 cm³/mol. The van der Waals surface area contributed by atoms with Crippen molar-refractivity contribution in [1.29, 1.82) is 0 Å². The summed E-state index contributed by atoms with van der Waals surface area (Å²) >= 11 is 0. The van der Waals surface area contributed by atoms with Crippen LogP contribution >= 0.6 is 0 Å². The first kappa shape index (κ1) is 8.57. The number of para-hydroxylation sites is 1. The van der Waals surface area contributed by atoms with Gasteiger partial charge in [0.2, 0.25) is 0 Å². The minimum atomic E-state index is -0.389. The largest absolute Gasteiger partial charge is 0.490 e. The van der Waals surface area contributed by atoms with Gasteiger partial charge in [0.25, 0.3) is 0 Å².